The van der Waals surface area contributed by atoms with Crippen molar-refractivity contribution in [1.29, 1.82) is 0 Å². The molecule has 5 rings (SSSR count). The van der Waals surface area contributed by atoms with Crippen molar-refractivity contribution in [3.63, 3.8) is 0 Å². The van der Waals surface area contributed by atoms with E-state index in [1.165, 1.54) is 29.5 Å². The van der Waals surface area contributed by atoms with Gasteiger partial charge in [-0.05, 0) is 55.9 Å². The van der Waals surface area contributed by atoms with Crippen LogP contribution < -0.4 is 5.43 Å². The topological polar surface area (TPSA) is 38.8 Å². The Morgan fingerprint density at radius 2 is 1.91 bits per heavy atom. The number of nitrogens with one attached hydrogen (secondary N) is 1. The van der Waals surface area contributed by atoms with Crippen molar-refractivity contribution in [3.8, 4) is 0 Å². The van der Waals surface area contributed by atoms with Gasteiger partial charge in [0.25, 0.3) is 5.91 Å². The summed E-state index contributed by atoms with van der Waals surface area (Å²) >= 11 is 0. The number of carbonyl (C=O) groups excluding carboxylic acids is 1. The van der Waals surface area contributed by atoms with Crippen molar-refractivity contribution in [1.82, 2.24) is 20.2 Å². The van der Waals surface area contributed by atoms with E-state index in [-0.39, 0.29) is 11.9 Å². The fourth-order valence-electron chi connectivity index (χ4n) is 5.80. The zero-order valence-corrected chi connectivity index (χ0v) is 19.0. The molecule has 0 aliphatic carbocycles. The van der Waals surface area contributed by atoms with Crippen molar-refractivity contribution in [2.45, 2.75) is 50.9 Å². The number of hydrazine groups is 1. The third-order valence-electron chi connectivity index (χ3n) is 7.30. The fourth-order valence-corrected chi connectivity index (χ4v) is 5.80. The number of hydrogen-bond donors (Lipinski definition) is 1. The van der Waals surface area contributed by atoms with E-state index in [0.717, 1.165) is 44.6 Å². The molecule has 3 fully saturated rings. The minimum atomic E-state index is -0.0112. The summed E-state index contributed by atoms with van der Waals surface area (Å²) in [6.07, 6.45) is 7.25. The molecule has 3 saturated heterocycles. The van der Waals surface area contributed by atoms with Crippen molar-refractivity contribution in [2.75, 3.05) is 26.2 Å². The Morgan fingerprint density at radius 3 is 2.62 bits per heavy atom. The molecule has 3 heterocycles. The van der Waals surface area contributed by atoms with Gasteiger partial charge in [-0.1, -0.05) is 48.0 Å². The summed E-state index contributed by atoms with van der Waals surface area (Å²) in [7, 11) is 0. The van der Waals surface area contributed by atoms with Crippen LogP contribution in [0.15, 0.2) is 61.2 Å². The van der Waals surface area contributed by atoms with E-state index in [2.05, 4.69) is 65.1 Å². The number of carbonyl (C=O) groups is 1. The molecule has 168 valence electrons. The summed E-state index contributed by atoms with van der Waals surface area (Å²) in [6.45, 7) is 10.0. The van der Waals surface area contributed by atoms with Crippen LogP contribution in [-0.4, -0.2) is 59.1 Å². The third-order valence-corrected chi connectivity index (χ3v) is 7.30. The maximum atomic E-state index is 12.7. The van der Waals surface area contributed by atoms with Gasteiger partial charge >= 0.3 is 0 Å². The largest absolute Gasteiger partial charge is 0.285 e. The van der Waals surface area contributed by atoms with Gasteiger partial charge in [0.1, 0.15) is 0 Å². The molecule has 0 saturated carbocycles. The summed E-state index contributed by atoms with van der Waals surface area (Å²) < 4.78 is 0. The van der Waals surface area contributed by atoms with E-state index < -0.39 is 0 Å². The van der Waals surface area contributed by atoms with Crippen LogP contribution in [-0.2, 0) is 0 Å². The molecule has 2 aromatic rings. The summed E-state index contributed by atoms with van der Waals surface area (Å²) in [5.74, 6) is -0.0112. The quantitative estimate of drug-likeness (QED) is 0.671. The lowest BCUT2D eigenvalue weighted by Crippen LogP contribution is -2.40. The first-order valence-corrected chi connectivity index (χ1v) is 12.0. The van der Waals surface area contributed by atoms with E-state index in [1.54, 1.807) is 0 Å². The van der Waals surface area contributed by atoms with Crippen LogP contribution in [0.1, 0.15) is 58.8 Å². The van der Waals surface area contributed by atoms with Gasteiger partial charge in [0, 0.05) is 37.8 Å². The molecule has 1 amide bonds. The summed E-state index contributed by atoms with van der Waals surface area (Å²) in [5, 5.41) is 2.03. The van der Waals surface area contributed by atoms with Gasteiger partial charge in [-0.25, -0.2) is 5.01 Å². The first-order chi connectivity index (χ1) is 15.6. The number of benzene rings is 2. The first-order valence-electron chi connectivity index (χ1n) is 12.0. The average molecular weight is 431 g/mol. The van der Waals surface area contributed by atoms with E-state index in [1.807, 2.05) is 23.2 Å². The fraction of sp³-hybridized carbons (Fsp3) is 0.444. The maximum absolute atomic E-state index is 12.7. The van der Waals surface area contributed by atoms with Gasteiger partial charge in [-0.15, -0.1) is 6.58 Å². The molecule has 32 heavy (non-hydrogen) atoms. The summed E-state index contributed by atoms with van der Waals surface area (Å²) in [4.78, 5) is 18.0. The van der Waals surface area contributed by atoms with Crippen LogP contribution in [0.2, 0.25) is 0 Å². The standard InChI is InChI=1S/C27H34N4O/c1-3-15-30-24-13-14-25(30)31(19-24)26(23-8-6-7-20(2)18-23)21-9-11-22(12-10-21)27(32)28-29-16-4-5-17-29/h3,6-12,18,24-26H,1,4-5,13-17,19H2,2H3,(H,28,32). The molecule has 0 radical (unpaired) electrons. The lowest BCUT2D eigenvalue weighted by atomic mass is 9.93. The molecule has 3 atom stereocenters. The van der Waals surface area contributed by atoms with E-state index in [4.69, 9.17) is 0 Å². The zero-order chi connectivity index (χ0) is 22.1. The molecule has 5 heteroatoms. The third kappa shape index (κ3) is 4.13. The Bertz CT molecular complexity index is 966. The monoisotopic (exact) mass is 430 g/mol. The highest BCUT2D eigenvalue weighted by molar-refractivity contribution is 5.93. The van der Waals surface area contributed by atoms with Crippen LogP contribution in [0.25, 0.3) is 0 Å². The molecule has 2 aromatic carbocycles. The van der Waals surface area contributed by atoms with Crippen molar-refractivity contribution >= 4 is 5.91 Å². The minimum Gasteiger partial charge on any atom is -0.285 e. The van der Waals surface area contributed by atoms with E-state index in [9.17, 15) is 4.79 Å². The number of fused-ring (bicyclic) bond motifs is 2. The van der Waals surface area contributed by atoms with Crippen molar-refractivity contribution < 1.29 is 4.79 Å². The van der Waals surface area contributed by atoms with Crippen LogP contribution in [0, 0.1) is 6.92 Å². The molecule has 2 bridgehead atoms. The number of amides is 1. The second-order valence-electron chi connectivity index (χ2n) is 9.47. The second kappa shape index (κ2) is 9.18. The molecule has 3 unspecified atom stereocenters. The predicted molar refractivity (Wildman–Crippen MR) is 128 cm³/mol. The zero-order valence-electron chi connectivity index (χ0n) is 19.0. The molecule has 0 aromatic heterocycles. The number of aryl methyl sites for hydroxylation is 1. The molecule has 0 spiro atoms. The Morgan fingerprint density at radius 1 is 1.12 bits per heavy atom. The number of rotatable bonds is 7. The highest BCUT2D eigenvalue weighted by atomic mass is 16.2. The highest BCUT2D eigenvalue weighted by Gasteiger charge is 2.47. The summed E-state index contributed by atoms with van der Waals surface area (Å²) in [5.41, 5.74) is 7.62. The lowest BCUT2D eigenvalue weighted by molar-refractivity contribution is 0.0825. The number of piperidine rings is 1. The Kier molecular flexibility index (Phi) is 6.13. The van der Waals surface area contributed by atoms with Crippen LogP contribution in [0.3, 0.4) is 0 Å². The van der Waals surface area contributed by atoms with Crippen LogP contribution in [0.4, 0.5) is 0 Å². The molecular weight excluding hydrogens is 396 g/mol. The van der Waals surface area contributed by atoms with Gasteiger partial charge in [0.2, 0.25) is 0 Å². The molecule has 1 N–H and O–H groups in total. The predicted octanol–water partition coefficient (Wildman–Crippen LogP) is 4.12. The van der Waals surface area contributed by atoms with Gasteiger partial charge in [0.15, 0.2) is 0 Å². The Labute approximate surface area is 191 Å². The number of nitrogens with zero attached hydrogens (tertiary/aromatic N) is 3. The number of hydrogen-bond acceptors (Lipinski definition) is 4. The van der Waals surface area contributed by atoms with Gasteiger partial charge in [-0.3, -0.25) is 20.0 Å². The normalized spacial score (nSPS) is 24.7. The van der Waals surface area contributed by atoms with E-state index in [0.29, 0.717) is 12.2 Å². The van der Waals surface area contributed by atoms with Crippen molar-refractivity contribution in [2.24, 2.45) is 0 Å². The van der Waals surface area contributed by atoms with Gasteiger partial charge < -0.3 is 0 Å². The Hall–Kier alpha value is -2.47. The molecule has 3 aliphatic heterocycles. The maximum Gasteiger partial charge on any atom is 0.265 e. The SMILES string of the molecule is C=CCN1C2CCC1N(C(c1ccc(C(=O)NN3CCCC3)cc1)c1cccc(C)c1)C2. The highest BCUT2D eigenvalue weighted by Crippen LogP contribution is 2.42. The minimum absolute atomic E-state index is 0.0112. The van der Waals surface area contributed by atoms with Gasteiger partial charge in [-0.2, -0.15) is 0 Å². The smallest absolute Gasteiger partial charge is 0.265 e. The average Bonchev–Trinajstić information content (AvgIpc) is 3.52. The van der Waals surface area contributed by atoms with Crippen LogP contribution >= 0.6 is 0 Å². The Balaban J connectivity index is 1.42. The van der Waals surface area contributed by atoms with E-state index >= 15 is 0 Å². The van der Waals surface area contributed by atoms with Crippen LogP contribution in [0.5, 0.6) is 0 Å². The van der Waals surface area contributed by atoms with Crippen molar-refractivity contribution in [3.05, 3.63) is 83.4 Å². The molecular formula is C27H34N4O. The molecule has 5 nitrogen and oxygen atoms in total. The first kappa shape index (κ1) is 21.4. The van der Waals surface area contributed by atoms with Gasteiger partial charge in [0.05, 0.1) is 12.2 Å². The lowest BCUT2D eigenvalue weighted by Gasteiger charge is -2.36. The summed E-state index contributed by atoms with van der Waals surface area (Å²) in [6, 6.07) is 17.9. The second-order valence-corrected chi connectivity index (χ2v) is 9.47. The molecule has 3 aliphatic rings. The number of likely N-dealkylation sites (tertiary alicyclic amines) is 1.